The quantitative estimate of drug-likeness (QED) is 0.643. The maximum absolute atomic E-state index is 12.6. The van der Waals surface area contributed by atoms with Crippen LogP contribution in [0.5, 0.6) is 0 Å². The molecule has 0 aliphatic heterocycles. The predicted molar refractivity (Wildman–Crippen MR) is 118 cm³/mol. The number of halogens is 1. The third-order valence-corrected chi connectivity index (χ3v) is 5.65. The van der Waals surface area contributed by atoms with Gasteiger partial charge in [0.25, 0.3) is 5.91 Å². The highest BCUT2D eigenvalue weighted by Crippen LogP contribution is 2.21. The molecular formula is C21H24BrN5O2. The zero-order chi connectivity index (χ0) is 21.3. The molecule has 3 amide bonds. The van der Waals surface area contributed by atoms with E-state index in [1.807, 2.05) is 42.8 Å². The van der Waals surface area contributed by atoms with Crippen molar-refractivity contribution < 1.29 is 9.59 Å². The molecule has 8 heteroatoms. The average molecular weight is 458 g/mol. The Hall–Kier alpha value is -2.87. The van der Waals surface area contributed by atoms with Gasteiger partial charge in [0.2, 0.25) is 0 Å². The number of rotatable bonds is 4. The normalized spacial score (nSPS) is 10.8. The summed E-state index contributed by atoms with van der Waals surface area (Å²) < 4.78 is 2.93. The highest BCUT2D eigenvalue weighted by atomic mass is 79.9. The van der Waals surface area contributed by atoms with Gasteiger partial charge in [-0.15, -0.1) is 0 Å². The first kappa shape index (κ1) is 20.9. The number of urea groups is 1. The maximum Gasteiger partial charge on any atom is 0.321 e. The lowest BCUT2D eigenvalue weighted by Gasteiger charge is -2.18. The molecule has 7 nitrogen and oxygen atoms in total. The summed E-state index contributed by atoms with van der Waals surface area (Å²) >= 11 is 3.46. The SMILES string of the molecule is Cc1cc(NC(=O)N(C)Cc2nc3cc(C(=O)N(C)C)ccc3n2C)ccc1Br. The number of aromatic nitrogens is 2. The molecule has 0 atom stereocenters. The van der Waals surface area contributed by atoms with Gasteiger partial charge in [0.15, 0.2) is 0 Å². The average Bonchev–Trinajstić information content (AvgIpc) is 2.98. The molecule has 1 heterocycles. The van der Waals surface area contributed by atoms with Crippen molar-refractivity contribution in [3.63, 3.8) is 0 Å². The summed E-state index contributed by atoms with van der Waals surface area (Å²) in [5.41, 5.74) is 4.01. The van der Waals surface area contributed by atoms with Crippen molar-refractivity contribution in [3.8, 4) is 0 Å². The molecule has 0 saturated carbocycles. The van der Waals surface area contributed by atoms with Gasteiger partial charge < -0.3 is 19.7 Å². The van der Waals surface area contributed by atoms with Crippen molar-refractivity contribution in [3.05, 3.63) is 57.8 Å². The van der Waals surface area contributed by atoms with E-state index in [9.17, 15) is 9.59 Å². The topological polar surface area (TPSA) is 70.5 Å². The van der Waals surface area contributed by atoms with Gasteiger partial charge in [0, 0.05) is 43.9 Å². The van der Waals surface area contributed by atoms with Crippen molar-refractivity contribution in [2.24, 2.45) is 7.05 Å². The Morgan fingerprint density at radius 3 is 2.52 bits per heavy atom. The molecule has 0 radical (unpaired) electrons. The van der Waals surface area contributed by atoms with Crippen LogP contribution in [0.2, 0.25) is 0 Å². The lowest BCUT2D eigenvalue weighted by Crippen LogP contribution is -2.31. The number of hydrogen-bond donors (Lipinski definition) is 1. The number of amides is 3. The molecule has 152 valence electrons. The summed E-state index contributed by atoms with van der Waals surface area (Å²) in [6.07, 6.45) is 0. The molecule has 29 heavy (non-hydrogen) atoms. The third kappa shape index (κ3) is 4.42. The van der Waals surface area contributed by atoms with Crippen molar-refractivity contribution in [1.29, 1.82) is 0 Å². The summed E-state index contributed by atoms with van der Waals surface area (Å²) in [5, 5.41) is 2.90. The summed E-state index contributed by atoms with van der Waals surface area (Å²) in [7, 11) is 7.07. The molecule has 0 spiro atoms. The Morgan fingerprint density at radius 1 is 1.14 bits per heavy atom. The van der Waals surface area contributed by atoms with Crippen LogP contribution in [-0.2, 0) is 13.6 Å². The minimum absolute atomic E-state index is 0.0691. The fraction of sp³-hybridized carbons (Fsp3) is 0.286. The van der Waals surface area contributed by atoms with E-state index in [1.165, 1.54) is 4.90 Å². The summed E-state index contributed by atoms with van der Waals surface area (Å²) in [6, 6.07) is 10.9. The summed E-state index contributed by atoms with van der Waals surface area (Å²) in [4.78, 5) is 32.5. The van der Waals surface area contributed by atoms with Gasteiger partial charge in [-0.1, -0.05) is 15.9 Å². The largest absolute Gasteiger partial charge is 0.345 e. The Bertz CT molecular complexity index is 1090. The van der Waals surface area contributed by atoms with Gasteiger partial charge in [-0.25, -0.2) is 9.78 Å². The van der Waals surface area contributed by atoms with E-state index in [0.29, 0.717) is 12.1 Å². The first-order valence-corrected chi connectivity index (χ1v) is 9.92. The molecule has 3 aromatic rings. The van der Waals surface area contributed by atoms with E-state index in [-0.39, 0.29) is 11.9 Å². The van der Waals surface area contributed by atoms with Gasteiger partial charge in [0.1, 0.15) is 5.82 Å². The van der Waals surface area contributed by atoms with Crippen LogP contribution in [0.4, 0.5) is 10.5 Å². The zero-order valence-electron chi connectivity index (χ0n) is 17.2. The fourth-order valence-electron chi connectivity index (χ4n) is 3.01. The van der Waals surface area contributed by atoms with Crippen LogP contribution < -0.4 is 5.32 Å². The van der Waals surface area contributed by atoms with Crippen molar-refractivity contribution in [1.82, 2.24) is 19.4 Å². The second kappa shape index (κ2) is 8.24. The molecule has 0 aliphatic rings. The number of anilines is 1. The van der Waals surface area contributed by atoms with E-state index in [2.05, 4.69) is 26.2 Å². The number of hydrogen-bond acceptors (Lipinski definition) is 3. The van der Waals surface area contributed by atoms with E-state index >= 15 is 0 Å². The second-order valence-electron chi connectivity index (χ2n) is 7.24. The van der Waals surface area contributed by atoms with Gasteiger partial charge in [-0.3, -0.25) is 4.79 Å². The number of carbonyl (C=O) groups is 2. The first-order valence-electron chi connectivity index (χ1n) is 9.12. The molecule has 2 aromatic carbocycles. The Kier molecular flexibility index (Phi) is 5.93. The highest BCUT2D eigenvalue weighted by molar-refractivity contribution is 9.10. The lowest BCUT2D eigenvalue weighted by molar-refractivity contribution is 0.0827. The van der Waals surface area contributed by atoms with E-state index < -0.39 is 0 Å². The zero-order valence-corrected chi connectivity index (χ0v) is 18.7. The lowest BCUT2D eigenvalue weighted by atomic mass is 10.2. The summed E-state index contributed by atoms with van der Waals surface area (Å²) in [5.74, 6) is 0.666. The molecular weight excluding hydrogens is 434 g/mol. The first-order chi connectivity index (χ1) is 13.7. The minimum Gasteiger partial charge on any atom is -0.345 e. The van der Waals surface area contributed by atoms with Crippen molar-refractivity contribution >= 4 is 44.6 Å². The predicted octanol–water partition coefficient (Wildman–Crippen LogP) is 4.01. The molecule has 3 rings (SSSR count). The van der Waals surface area contributed by atoms with Crippen LogP contribution >= 0.6 is 15.9 Å². The monoisotopic (exact) mass is 457 g/mol. The molecule has 0 unspecified atom stereocenters. The number of nitrogens with zero attached hydrogens (tertiary/aromatic N) is 4. The minimum atomic E-state index is -0.220. The standard InChI is InChI=1S/C21H24BrN5O2/c1-13-10-15(7-8-16(13)22)23-21(29)26(4)12-19-24-17-11-14(20(28)25(2)3)6-9-18(17)27(19)5/h6-11H,12H2,1-5H3,(H,23,29). The number of fused-ring (bicyclic) bond motifs is 1. The van der Waals surface area contributed by atoms with Gasteiger partial charge in [0.05, 0.1) is 17.6 Å². The van der Waals surface area contributed by atoms with Crippen molar-refractivity contribution in [2.45, 2.75) is 13.5 Å². The van der Waals surface area contributed by atoms with Gasteiger partial charge in [-0.05, 0) is 48.9 Å². The van der Waals surface area contributed by atoms with Gasteiger partial charge >= 0.3 is 6.03 Å². The van der Waals surface area contributed by atoms with Crippen molar-refractivity contribution in [2.75, 3.05) is 26.5 Å². The van der Waals surface area contributed by atoms with E-state index in [4.69, 9.17) is 0 Å². The van der Waals surface area contributed by atoms with Gasteiger partial charge in [-0.2, -0.15) is 0 Å². The van der Waals surface area contributed by atoms with Crippen LogP contribution in [0, 0.1) is 6.92 Å². The molecule has 1 aromatic heterocycles. The number of imidazole rings is 1. The maximum atomic E-state index is 12.6. The fourth-order valence-corrected chi connectivity index (χ4v) is 3.25. The molecule has 0 saturated heterocycles. The Labute approximate surface area is 178 Å². The molecule has 0 fully saturated rings. The smallest absolute Gasteiger partial charge is 0.321 e. The number of benzene rings is 2. The summed E-state index contributed by atoms with van der Waals surface area (Å²) in [6.45, 7) is 2.31. The van der Waals surface area contributed by atoms with E-state index in [0.717, 1.165) is 32.6 Å². The Balaban J connectivity index is 1.77. The van der Waals surface area contributed by atoms with Crippen LogP contribution in [0.1, 0.15) is 21.7 Å². The van der Waals surface area contributed by atoms with E-state index in [1.54, 1.807) is 38.2 Å². The Morgan fingerprint density at radius 2 is 1.86 bits per heavy atom. The number of carbonyl (C=O) groups excluding carboxylic acids is 2. The second-order valence-corrected chi connectivity index (χ2v) is 8.09. The van der Waals surface area contributed by atoms with Crippen LogP contribution in [0.25, 0.3) is 11.0 Å². The van der Waals surface area contributed by atoms with Crippen LogP contribution in [0.3, 0.4) is 0 Å². The third-order valence-electron chi connectivity index (χ3n) is 4.76. The van der Waals surface area contributed by atoms with Crippen LogP contribution in [0.15, 0.2) is 40.9 Å². The number of nitrogens with one attached hydrogen (secondary N) is 1. The molecule has 1 N–H and O–H groups in total. The number of aryl methyl sites for hydroxylation is 2. The molecule has 0 bridgehead atoms. The highest BCUT2D eigenvalue weighted by Gasteiger charge is 2.16. The molecule has 0 aliphatic carbocycles. The van der Waals surface area contributed by atoms with Crippen LogP contribution in [-0.4, -0.2) is 52.4 Å².